The van der Waals surface area contributed by atoms with Crippen LogP contribution in [0.2, 0.25) is 0 Å². The van der Waals surface area contributed by atoms with Crippen molar-refractivity contribution in [1.82, 2.24) is 30.4 Å². The predicted octanol–water partition coefficient (Wildman–Crippen LogP) is -0.368. The summed E-state index contributed by atoms with van der Waals surface area (Å²) in [4.78, 5) is 87.0. The number of carbonyl (C=O) groups is 6. The van der Waals surface area contributed by atoms with Gasteiger partial charge in [-0.05, 0) is 62.6 Å². The normalized spacial score (nSPS) is 11.9. The number of nitrogens with one attached hydrogen (secondary N) is 4. The van der Waals surface area contributed by atoms with E-state index in [1.807, 2.05) is 0 Å². The van der Waals surface area contributed by atoms with Crippen LogP contribution >= 0.6 is 0 Å². The van der Waals surface area contributed by atoms with Gasteiger partial charge in [-0.25, -0.2) is 0 Å². The Morgan fingerprint density at radius 2 is 1.00 bits per heavy atom. The summed E-state index contributed by atoms with van der Waals surface area (Å²) in [6, 6.07) is 13.3. The number of aliphatic hydroxyl groups excluding tert-OH is 2. The number of hydrogen-bond donors (Lipinski definition) is 6. The Morgan fingerprint density at radius 3 is 1.29 bits per heavy atom. The first-order valence-electron chi connectivity index (χ1n) is 14.9. The Kier molecular flexibility index (Phi) is 14.4. The van der Waals surface area contributed by atoms with Crippen LogP contribution < -0.4 is 21.3 Å². The van der Waals surface area contributed by atoms with Crippen molar-refractivity contribution in [3.63, 3.8) is 0 Å². The molecule has 0 unspecified atom stereocenters. The van der Waals surface area contributed by atoms with Crippen LogP contribution in [0.4, 0.5) is 11.4 Å². The van der Waals surface area contributed by atoms with Gasteiger partial charge in [-0.2, -0.15) is 0 Å². The third-order valence-electron chi connectivity index (χ3n) is 7.03. The molecule has 3 aromatic rings. The van der Waals surface area contributed by atoms with E-state index in [0.29, 0.717) is 11.4 Å². The minimum Gasteiger partial charge on any atom is -0.394 e. The Morgan fingerprint density at radius 1 is 0.625 bits per heavy atom. The summed E-state index contributed by atoms with van der Waals surface area (Å²) in [6.07, 6.45) is 2.30. The van der Waals surface area contributed by atoms with Crippen LogP contribution in [0.15, 0.2) is 73.1 Å². The number of amides is 6. The summed E-state index contributed by atoms with van der Waals surface area (Å²) in [5.41, 5.74) is 0.747. The highest BCUT2D eigenvalue weighted by molar-refractivity contribution is 6.06. The zero-order valence-electron chi connectivity index (χ0n) is 26.5. The highest BCUT2D eigenvalue weighted by atomic mass is 16.3. The number of aliphatic hydroxyl groups is 2. The van der Waals surface area contributed by atoms with Crippen LogP contribution in [0.5, 0.6) is 0 Å². The van der Waals surface area contributed by atoms with Crippen molar-refractivity contribution in [2.45, 2.75) is 24.9 Å². The van der Waals surface area contributed by atoms with Gasteiger partial charge in [-0.15, -0.1) is 0 Å². The average molecular weight is 663 g/mol. The molecule has 1 aromatic carbocycles. The van der Waals surface area contributed by atoms with Crippen LogP contribution in [0.3, 0.4) is 0 Å². The number of rotatable bonds is 16. The summed E-state index contributed by atoms with van der Waals surface area (Å²) in [7, 11) is 2.92. The van der Waals surface area contributed by atoms with Crippen molar-refractivity contribution in [3.8, 4) is 0 Å². The van der Waals surface area contributed by atoms with E-state index in [-0.39, 0.29) is 37.3 Å². The molecule has 254 valence electrons. The van der Waals surface area contributed by atoms with Gasteiger partial charge >= 0.3 is 0 Å². The minimum absolute atomic E-state index is 0.00289. The largest absolute Gasteiger partial charge is 0.394 e. The van der Waals surface area contributed by atoms with E-state index in [4.69, 9.17) is 0 Å². The highest BCUT2D eigenvalue weighted by Gasteiger charge is 2.30. The molecule has 0 fully saturated rings. The van der Waals surface area contributed by atoms with E-state index >= 15 is 0 Å². The molecule has 48 heavy (non-hydrogen) atoms. The van der Waals surface area contributed by atoms with Crippen LogP contribution in [0.25, 0.3) is 0 Å². The third-order valence-corrected chi connectivity index (χ3v) is 7.03. The number of pyridine rings is 2. The SMILES string of the molecule is CN[C@@H](CO)C(=O)N(CCC(=O)Nc1ccc(NC(=O)CCN(C(=O)c2ccccn2)C(=O)[C@H](CO)NC)cc1)C(=O)c1ccccn1. The molecule has 0 radical (unpaired) electrons. The molecule has 0 aliphatic heterocycles. The Labute approximate surface area is 276 Å². The van der Waals surface area contributed by atoms with Crippen molar-refractivity contribution in [3.05, 3.63) is 84.4 Å². The average Bonchev–Trinajstić information content (AvgIpc) is 3.11. The summed E-state index contributed by atoms with van der Waals surface area (Å²) in [5, 5.41) is 29.7. The molecule has 0 saturated carbocycles. The van der Waals surface area contributed by atoms with E-state index < -0.39 is 60.7 Å². The number of benzene rings is 1. The van der Waals surface area contributed by atoms with Gasteiger partial charge in [0.1, 0.15) is 23.5 Å². The Bertz CT molecular complexity index is 1430. The number of anilines is 2. The number of hydrogen-bond acceptors (Lipinski definition) is 12. The van der Waals surface area contributed by atoms with Crippen molar-refractivity contribution >= 4 is 46.8 Å². The van der Waals surface area contributed by atoms with E-state index in [9.17, 15) is 39.0 Å². The van der Waals surface area contributed by atoms with E-state index in [2.05, 4.69) is 31.2 Å². The molecule has 2 atom stereocenters. The zero-order valence-corrected chi connectivity index (χ0v) is 26.5. The van der Waals surface area contributed by atoms with Gasteiger partial charge in [0.25, 0.3) is 11.8 Å². The standard InChI is InChI=1S/C32H38N8O8/c1-33-25(19-41)31(47)39(29(45)23-7-3-5-15-35-23)17-13-27(43)37-21-9-11-22(12-10-21)38-28(44)14-18-40(32(48)26(20-42)34-2)30(46)24-8-4-6-16-36-24/h3-12,15-16,25-26,33-34,41-42H,13-14,17-20H2,1-2H3,(H,37,43)(H,38,44)/t25-,26-/m0/s1. The lowest BCUT2D eigenvalue weighted by Gasteiger charge is -2.24. The monoisotopic (exact) mass is 662 g/mol. The second-order valence-electron chi connectivity index (χ2n) is 10.2. The third kappa shape index (κ3) is 10.3. The first-order chi connectivity index (χ1) is 23.1. The van der Waals surface area contributed by atoms with Gasteiger partial charge in [-0.3, -0.25) is 48.5 Å². The molecule has 0 aliphatic carbocycles. The molecule has 0 aliphatic rings. The molecule has 16 nitrogen and oxygen atoms in total. The van der Waals surface area contributed by atoms with Crippen LogP contribution in [0.1, 0.15) is 33.8 Å². The molecule has 3 rings (SSSR count). The lowest BCUT2D eigenvalue weighted by Crippen LogP contribution is -2.50. The number of imide groups is 2. The first-order valence-corrected chi connectivity index (χ1v) is 14.9. The fourth-order valence-electron chi connectivity index (χ4n) is 4.35. The maximum atomic E-state index is 13.0. The van der Waals surface area contributed by atoms with E-state index in [1.54, 1.807) is 24.3 Å². The summed E-state index contributed by atoms with van der Waals surface area (Å²) >= 11 is 0. The lowest BCUT2D eigenvalue weighted by atomic mass is 10.2. The van der Waals surface area contributed by atoms with Gasteiger partial charge in [0.2, 0.25) is 23.6 Å². The molecule has 16 heteroatoms. The van der Waals surface area contributed by atoms with Gasteiger partial charge < -0.3 is 31.5 Å². The van der Waals surface area contributed by atoms with E-state index in [0.717, 1.165) is 9.80 Å². The van der Waals surface area contributed by atoms with Crippen molar-refractivity contribution in [2.24, 2.45) is 0 Å². The quantitative estimate of drug-likeness (QED) is 0.116. The molecular weight excluding hydrogens is 624 g/mol. The molecule has 6 N–H and O–H groups in total. The highest BCUT2D eigenvalue weighted by Crippen LogP contribution is 2.15. The number of likely N-dealkylation sites (N-methyl/N-ethyl adjacent to an activating group) is 2. The fraction of sp³-hybridized carbons (Fsp3) is 0.312. The van der Waals surface area contributed by atoms with E-state index in [1.165, 1.54) is 62.9 Å². The van der Waals surface area contributed by atoms with Crippen molar-refractivity contribution < 1.29 is 39.0 Å². The Hall–Kier alpha value is -5.42. The zero-order chi connectivity index (χ0) is 35.1. The van der Waals surface area contributed by atoms with Gasteiger partial charge in [0, 0.05) is 49.7 Å². The molecule has 2 heterocycles. The smallest absolute Gasteiger partial charge is 0.279 e. The second-order valence-corrected chi connectivity index (χ2v) is 10.2. The molecular formula is C32H38N8O8. The summed E-state index contributed by atoms with van der Waals surface area (Å²) < 4.78 is 0. The minimum atomic E-state index is -1.06. The van der Waals surface area contributed by atoms with Crippen LogP contribution in [0, 0.1) is 0 Å². The molecule has 6 amide bonds. The molecule has 0 spiro atoms. The van der Waals surface area contributed by atoms with Crippen LogP contribution in [-0.4, -0.2) is 118 Å². The molecule has 0 bridgehead atoms. The van der Waals surface area contributed by atoms with Crippen molar-refractivity contribution in [2.75, 3.05) is 51.0 Å². The fourth-order valence-corrected chi connectivity index (χ4v) is 4.35. The second kappa shape index (κ2) is 18.7. The summed E-state index contributed by atoms with van der Waals surface area (Å²) in [5.74, 6) is -3.88. The summed E-state index contributed by atoms with van der Waals surface area (Å²) in [6.45, 7) is -1.67. The Balaban J connectivity index is 1.59. The maximum Gasteiger partial charge on any atom is 0.279 e. The van der Waals surface area contributed by atoms with Crippen LogP contribution in [-0.2, 0) is 19.2 Å². The number of nitrogens with zero attached hydrogens (tertiary/aromatic N) is 4. The predicted molar refractivity (Wildman–Crippen MR) is 173 cm³/mol. The van der Waals surface area contributed by atoms with Crippen molar-refractivity contribution in [1.29, 1.82) is 0 Å². The topological polar surface area (TPSA) is 223 Å². The molecule has 0 saturated heterocycles. The molecule has 2 aromatic heterocycles. The van der Waals surface area contributed by atoms with Gasteiger partial charge in [0.05, 0.1) is 13.2 Å². The van der Waals surface area contributed by atoms with Gasteiger partial charge in [0.15, 0.2) is 0 Å². The number of carbonyl (C=O) groups excluding carboxylic acids is 6. The van der Waals surface area contributed by atoms with Gasteiger partial charge in [-0.1, -0.05) is 12.1 Å². The lowest BCUT2D eigenvalue weighted by molar-refractivity contribution is -0.133. The first kappa shape index (κ1) is 37.0. The number of aromatic nitrogens is 2. The maximum absolute atomic E-state index is 13.0.